The summed E-state index contributed by atoms with van der Waals surface area (Å²) >= 11 is 12.8. The van der Waals surface area contributed by atoms with E-state index in [2.05, 4.69) is 0 Å². The Bertz CT molecular complexity index is 375. The van der Waals surface area contributed by atoms with Gasteiger partial charge >= 0.3 is 0 Å². The lowest BCUT2D eigenvalue weighted by molar-refractivity contribution is -0.316. The number of rotatable bonds is 10. The molecule has 0 amide bonds. The van der Waals surface area contributed by atoms with Crippen molar-refractivity contribution in [3.63, 3.8) is 0 Å². The number of alkyl halides is 4. The van der Waals surface area contributed by atoms with Crippen molar-refractivity contribution in [2.24, 2.45) is 11.8 Å². The van der Waals surface area contributed by atoms with Crippen LogP contribution in [0.1, 0.15) is 90.9 Å². The summed E-state index contributed by atoms with van der Waals surface area (Å²) in [6.07, 6.45) is 8.17. The first kappa shape index (κ1) is 21.7. The first-order chi connectivity index (χ1) is 11.9. The van der Waals surface area contributed by atoms with Gasteiger partial charge in [0.2, 0.25) is 11.7 Å². The molecule has 2 aliphatic rings. The number of unbranched alkanes of at least 4 members (excludes halogenated alkanes) is 2. The molecule has 0 heterocycles. The van der Waals surface area contributed by atoms with E-state index in [0.29, 0.717) is 25.7 Å². The Hall–Kier alpha value is 0.400. The molecule has 5 heteroatoms. The Morgan fingerprint density at radius 2 is 1.20 bits per heavy atom. The first-order valence-corrected chi connectivity index (χ1v) is 11.1. The summed E-state index contributed by atoms with van der Waals surface area (Å²) in [5.41, 5.74) is 0. The lowest BCUT2D eigenvalue weighted by Gasteiger charge is -2.42. The van der Waals surface area contributed by atoms with Gasteiger partial charge in [0.1, 0.15) is 0 Å². The van der Waals surface area contributed by atoms with Gasteiger partial charge in [-0.1, -0.05) is 39.5 Å². The molecular weight excluding hydrogens is 365 g/mol. The van der Waals surface area contributed by atoms with Crippen molar-refractivity contribution in [3.05, 3.63) is 0 Å². The van der Waals surface area contributed by atoms with Crippen molar-refractivity contribution < 1.29 is 13.5 Å². The summed E-state index contributed by atoms with van der Waals surface area (Å²) in [4.78, 5) is 0. The minimum Gasteiger partial charge on any atom is -0.308 e. The van der Waals surface area contributed by atoms with E-state index in [1.807, 2.05) is 13.8 Å². The lowest BCUT2D eigenvalue weighted by atomic mass is 9.89. The van der Waals surface area contributed by atoms with Crippen LogP contribution in [-0.4, -0.2) is 22.5 Å². The summed E-state index contributed by atoms with van der Waals surface area (Å²) in [5.74, 6) is -4.82. The summed E-state index contributed by atoms with van der Waals surface area (Å²) in [5, 5.41) is -0.541. The molecule has 0 aromatic carbocycles. The molecule has 148 valence electrons. The van der Waals surface area contributed by atoms with Gasteiger partial charge in [-0.3, -0.25) is 0 Å². The molecule has 0 aromatic rings. The Balaban J connectivity index is 2.23. The fourth-order valence-electron chi connectivity index (χ4n) is 4.54. The zero-order valence-electron chi connectivity index (χ0n) is 15.7. The number of ether oxygens (including phenoxy) is 1. The summed E-state index contributed by atoms with van der Waals surface area (Å²) in [6, 6.07) is 0. The number of hydrogen-bond donors (Lipinski definition) is 0. The van der Waals surface area contributed by atoms with E-state index in [4.69, 9.17) is 27.9 Å². The van der Waals surface area contributed by atoms with Crippen LogP contribution in [0.2, 0.25) is 0 Å². The van der Waals surface area contributed by atoms with E-state index < -0.39 is 23.5 Å². The van der Waals surface area contributed by atoms with E-state index in [-0.39, 0.29) is 23.6 Å². The van der Waals surface area contributed by atoms with Crippen LogP contribution in [0.4, 0.5) is 8.78 Å². The molecule has 25 heavy (non-hydrogen) atoms. The molecule has 1 nitrogen and oxygen atoms in total. The highest BCUT2D eigenvalue weighted by molar-refractivity contribution is 6.21. The van der Waals surface area contributed by atoms with Crippen molar-refractivity contribution in [1.29, 1.82) is 0 Å². The van der Waals surface area contributed by atoms with Crippen LogP contribution in [0.3, 0.4) is 0 Å². The van der Waals surface area contributed by atoms with Crippen LogP contribution in [0.15, 0.2) is 0 Å². The first-order valence-electron chi connectivity index (χ1n) is 10.2. The van der Waals surface area contributed by atoms with E-state index >= 15 is 8.78 Å². The molecule has 0 aromatic heterocycles. The van der Waals surface area contributed by atoms with Crippen molar-refractivity contribution >= 4 is 23.2 Å². The number of halogens is 4. The third-order valence-electron chi connectivity index (χ3n) is 6.05. The molecule has 0 spiro atoms. The predicted molar refractivity (Wildman–Crippen MR) is 102 cm³/mol. The fraction of sp³-hybridized carbons (Fsp3) is 1.00. The smallest absolute Gasteiger partial charge is 0.216 e. The minimum absolute atomic E-state index is 0.217. The standard InChI is InChI=1S/C20H34Cl2F2O/c1-3-5-13-19(23,15-9-7-11-17(15)21)25-20(24,14-6-4-2)16-10-8-12-18(16)22/h15-18H,3-14H2,1-2H3. The third-order valence-corrected chi connectivity index (χ3v) is 7.10. The highest BCUT2D eigenvalue weighted by Crippen LogP contribution is 2.50. The molecule has 0 radical (unpaired) electrons. The van der Waals surface area contributed by atoms with E-state index in [1.54, 1.807) is 0 Å². The molecule has 0 bridgehead atoms. The highest BCUT2D eigenvalue weighted by atomic mass is 35.5. The summed E-state index contributed by atoms with van der Waals surface area (Å²) < 4.78 is 37.9. The SMILES string of the molecule is CCCCC(F)(OC(F)(CCCC)C1CCCC1Cl)C1CCCC1Cl. The second-order valence-electron chi connectivity index (χ2n) is 7.99. The van der Waals surface area contributed by atoms with Gasteiger partial charge in [0.25, 0.3) is 0 Å². The van der Waals surface area contributed by atoms with Crippen LogP contribution in [0.25, 0.3) is 0 Å². The van der Waals surface area contributed by atoms with Gasteiger partial charge in [-0.05, 0) is 38.5 Å². The normalized spacial score (nSPS) is 34.8. The molecule has 2 aliphatic carbocycles. The minimum atomic E-state index is -1.99. The van der Waals surface area contributed by atoms with Gasteiger partial charge < -0.3 is 4.74 Å². The zero-order chi connectivity index (χ0) is 18.5. The van der Waals surface area contributed by atoms with Crippen LogP contribution < -0.4 is 0 Å². The molecular formula is C20H34Cl2F2O. The van der Waals surface area contributed by atoms with E-state index in [1.165, 1.54) is 0 Å². The molecule has 2 fully saturated rings. The van der Waals surface area contributed by atoms with Gasteiger partial charge in [0.05, 0.1) is 0 Å². The molecule has 6 unspecified atom stereocenters. The van der Waals surface area contributed by atoms with Crippen molar-refractivity contribution in [1.82, 2.24) is 0 Å². The number of hydrogen-bond acceptors (Lipinski definition) is 1. The largest absolute Gasteiger partial charge is 0.308 e. The van der Waals surface area contributed by atoms with Gasteiger partial charge in [0, 0.05) is 35.4 Å². The van der Waals surface area contributed by atoms with Gasteiger partial charge in [0.15, 0.2) is 0 Å². The summed E-state index contributed by atoms with van der Waals surface area (Å²) in [7, 11) is 0. The van der Waals surface area contributed by atoms with Crippen molar-refractivity contribution in [3.8, 4) is 0 Å². The van der Waals surface area contributed by atoms with Crippen molar-refractivity contribution in [2.45, 2.75) is 113 Å². The Morgan fingerprint density at radius 3 is 1.48 bits per heavy atom. The zero-order valence-corrected chi connectivity index (χ0v) is 17.2. The van der Waals surface area contributed by atoms with Crippen molar-refractivity contribution in [2.75, 3.05) is 0 Å². The molecule has 0 aliphatic heterocycles. The second kappa shape index (κ2) is 9.55. The molecule has 6 atom stereocenters. The summed E-state index contributed by atoms with van der Waals surface area (Å²) in [6.45, 7) is 4.03. The maximum atomic E-state index is 16.0. The molecule has 0 saturated heterocycles. The van der Waals surface area contributed by atoms with Gasteiger partial charge in [-0.2, -0.15) is 0 Å². The van der Waals surface area contributed by atoms with Crippen LogP contribution in [0, 0.1) is 11.8 Å². The molecule has 2 rings (SSSR count). The molecule has 0 N–H and O–H groups in total. The second-order valence-corrected chi connectivity index (χ2v) is 9.11. The highest BCUT2D eigenvalue weighted by Gasteiger charge is 2.55. The van der Waals surface area contributed by atoms with E-state index in [0.717, 1.165) is 38.5 Å². The quantitative estimate of drug-likeness (QED) is 0.345. The average Bonchev–Trinajstić information content (AvgIpc) is 3.20. The average molecular weight is 399 g/mol. The predicted octanol–water partition coefficient (Wildman–Crippen LogP) is 7.53. The van der Waals surface area contributed by atoms with Crippen LogP contribution >= 0.6 is 23.2 Å². The Morgan fingerprint density at radius 1 is 0.800 bits per heavy atom. The van der Waals surface area contributed by atoms with Gasteiger partial charge in [-0.25, -0.2) is 8.78 Å². The maximum Gasteiger partial charge on any atom is 0.216 e. The van der Waals surface area contributed by atoms with Crippen LogP contribution in [-0.2, 0) is 4.74 Å². The lowest BCUT2D eigenvalue weighted by Crippen LogP contribution is -2.50. The third kappa shape index (κ3) is 5.23. The maximum absolute atomic E-state index is 16.0. The molecule has 2 saturated carbocycles. The fourth-order valence-corrected chi connectivity index (χ4v) is 5.48. The van der Waals surface area contributed by atoms with Crippen LogP contribution in [0.5, 0.6) is 0 Å². The van der Waals surface area contributed by atoms with E-state index in [9.17, 15) is 0 Å². The topological polar surface area (TPSA) is 9.23 Å². The Kier molecular flexibility index (Phi) is 8.29. The Labute approximate surface area is 162 Å². The van der Waals surface area contributed by atoms with Gasteiger partial charge in [-0.15, -0.1) is 23.2 Å². The monoisotopic (exact) mass is 398 g/mol.